The molecule has 46 heavy (non-hydrogen) atoms. The summed E-state index contributed by atoms with van der Waals surface area (Å²) in [5.74, 6) is 6.30. The Morgan fingerprint density at radius 3 is 2.43 bits per heavy atom. The van der Waals surface area contributed by atoms with Gasteiger partial charge in [0, 0.05) is 56.9 Å². The highest BCUT2D eigenvalue weighted by molar-refractivity contribution is 7.92. The Kier molecular flexibility index (Phi) is 8.72. The van der Waals surface area contributed by atoms with Gasteiger partial charge < -0.3 is 4.90 Å². The molecule has 3 aromatic carbocycles. The van der Waals surface area contributed by atoms with Crippen LogP contribution in [-0.2, 0) is 16.6 Å². The van der Waals surface area contributed by atoms with Crippen LogP contribution < -0.4 is 9.21 Å². The molecule has 5 aromatic rings. The molecule has 9 heteroatoms. The van der Waals surface area contributed by atoms with Crippen molar-refractivity contribution in [2.24, 2.45) is 0 Å². The number of aromatic nitrogens is 2. The standard InChI is InChI=1S/C37H34N6O2S/c1-27-19-29(21-31(20-27)24-38)11-12-33-22-30(13-14-39-33)26-42-15-17-43(18-16-42)35-9-6-8-32-23-34(25-40-37(32)35)41(3)46(44,45)36-10-5-4-7-28(36)2/h4-10,13-14,19-23,25H,15-18,26H2,1-3H3. The first-order valence-electron chi connectivity index (χ1n) is 15.1. The van der Waals surface area contributed by atoms with E-state index in [9.17, 15) is 13.7 Å². The summed E-state index contributed by atoms with van der Waals surface area (Å²) in [6, 6.07) is 26.8. The molecular formula is C37H34N6O2S. The number of anilines is 2. The number of para-hydroxylation sites is 1. The van der Waals surface area contributed by atoms with Gasteiger partial charge in [-0.3, -0.25) is 14.2 Å². The first-order chi connectivity index (χ1) is 22.2. The molecule has 0 aliphatic carbocycles. The number of pyridine rings is 2. The number of fused-ring (bicyclic) bond motifs is 1. The minimum atomic E-state index is -3.72. The summed E-state index contributed by atoms with van der Waals surface area (Å²) in [6.07, 6.45) is 3.44. The quantitative estimate of drug-likeness (QED) is 0.225. The Hall–Kier alpha value is -5.22. The molecule has 0 saturated carbocycles. The molecule has 0 radical (unpaired) electrons. The predicted molar refractivity (Wildman–Crippen MR) is 182 cm³/mol. The van der Waals surface area contributed by atoms with Crippen molar-refractivity contribution in [3.8, 4) is 17.9 Å². The number of nitrogens with zero attached hydrogens (tertiary/aromatic N) is 6. The van der Waals surface area contributed by atoms with Gasteiger partial charge >= 0.3 is 0 Å². The molecule has 230 valence electrons. The molecule has 0 amide bonds. The lowest BCUT2D eigenvalue weighted by atomic mass is 10.1. The van der Waals surface area contributed by atoms with E-state index in [-0.39, 0.29) is 4.90 Å². The second-order valence-electron chi connectivity index (χ2n) is 11.5. The second-order valence-corrected chi connectivity index (χ2v) is 13.5. The topological polar surface area (TPSA) is 93.4 Å². The second kappa shape index (κ2) is 13.0. The lowest BCUT2D eigenvalue weighted by molar-refractivity contribution is 0.250. The third-order valence-electron chi connectivity index (χ3n) is 8.26. The van der Waals surface area contributed by atoms with E-state index in [2.05, 4.69) is 38.8 Å². The van der Waals surface area contributed by atoms with E-state index in [1.165, 1.54) is 4.31 Å². The maximum Gasteiger partial charge on any atom is 0.264 e. The number of sulfonamides is 1. The normalized spacial score (nSPS) is 13.6. The average molecular weight is 627 g/mol. The highest BCUT2D eigenvalue weighted by atomic mass is 32.2. The molecule has 8 nitrogen and oxygen atoms in total. The fourth-order valence-electron chi connectivity index (χ4n) is 5.79. The molecule has 0 N–H and O–H groups in total. The van der Waals surface area contributed by atoms with E-state index in [4.69, 9.17) is 4.98 Å². The number of rotatable bonds is 6. The van der Waals surface area contributed by atoms with Gasteiger partial charge in [0.05, 0.1) is 39.6 Å². The number of nitriles is 1. The summed E-state index contributed by atoms with van der Waals surface area (Å²) in [6.45, 7) is 8.01. The zero-order valence-electron chi connectivity index (χ0n) is 26.1. The van der Waals surface area contributed by atoms with E-state index in [1.54, 1.807) is 50.6 Å². The van der Waals surface area contributed by atoms with Gasteiger partial charge in [-0.2, -0.15) is 5.26 Å². The Labute approximate surface area is 270 Å². The van der Waals surface area contributed by atoms with Crippen LogP contribution in [0, 0.1) is 37.0 Å². The SMILES string of the molecule is Cc1cc(C#N)cc(C#Cc2cc(CN3CCN(c4cccc5cc(N(C)S(=O)(=O)c6ccccc6C)cnc45)CC3)ccn2)c1. The number of benzene rings is 3. The molecule has 1 aliphatic heterocycles. The maximum atomic E-state index is 13.4. The third kappa shape index (κ3) is 6.57. The summed E-state index contributed by atoms with van der Waals surface area (Å²) in [5, 5.41) is 10.1. The first-order valence-corrected chi connectivity index (χ1v) is 16.5. The number of aryl methyl sites for hydroxylation is 2. The number of hydrogen-bond donors (Lipinski definition) is 0. The van der Waals surface area contributed by atoms with Gasteiger partial charge in [0.2, 0.25) is 0 Å². The summed E-state index contributed by atoms with van der Waals surface area (Å²) >= 11 is 0. The Morgan fingerprint density at radius 1 is 0.870 bits per heavy atom. The van der Waals surface area contributed by atoms with E-state index < -0.39 is 10.0 Å². The molecule has 1 fully saturated rings. The van der Waals surface area contributed by atoms with Crippen molar-refractivity contribution in [3.63, 3.8) is 0 Å². The van der Waals surface area contributed by atoms with Crippen LogP contribution in [0.4, 0.5) is 11.4 Å². The van der Waals surface area contributed by atoms with Gasteiger partial charge in [0.25, 0.3) is 10.0 Å². The van der Waals surface area contributed by atoms with E-state index in [0.29, 0.717) is 22.5 Å². The van der Waals surface area contributed by atoms with Crippen molar-refractivity contribution in [3.05, 3.63) is 125 Å². The molecular weight excluding hydrogens is 593 g/mol. The largest absolute Gasteiger partial charge is 0.367 e. The van der Waals surface area contributed by atoms with E-state index >= 15 is 0 Å². The minimum absolute atomic E-state index is 0.289. The van der Waals surface area contributed by atoms with Crippen LogP contribution in [0.15, 0.2) is 96.2 Å². The van der Waals surface area contributed by atoms with Crippen LogP contribution >= 0.6 is 0 Å². The molecule has 2 aromatic heterocycles. The van der Waals surface area contributed by atoms with Crippen LogP contribution in [0.2, 0.25) is 0 Å². The molecule has 0 bridgehead atoms. The number of hydrogen-bond acceptors (Lipinski definition) is 7. The van der Waals surface area contributed by atoms with Crippen LogP contribution in [0.3, 0.4) is 0 Å². The summed E-state index contributed by atoms with van der Waals surface area (Å²) in [7, 11) is -2.15. The highest BCUT2D eigenvalue weighted by Gasteiger charge is 2.24. The summed E-state index contributed by atoms with van der Waals surface area (Å²) in [4.78, 5) is 14.3. The third-order valence-corrected chi connectivity index (χ3v) is 10.2. The fraction of sp³-hybridized carbons (Fsp3) is 0.216. The Bertz CT molecular complexity index is 2140. The smallest absolute Gasteiger partial charge is 0.264 e. The minimum Gasteiger partial charge on any atom is -0.367 e. The molecule has 0 unspecified atom stereocenters. The molecule has 1 aliphatic rings. The van der Waals surface area contributed by atoms with Gasteiger partial charge in [-0.1, -0.05) is 36.3 Å². The Balaban J connectivity index is 1.13. The zero-order chi connectivity index (χ0) is 32.3. The average Bonchev–Trinajstić information content (AvgIpc) is 3.07. The predicted octanol–water partition coefficient (Wildman–Crippen LogP) is 5.67. The van der Waals surface area contributed by atoms with Gasteiger partial charge in [-0.05, 0) is 85.0 Å². The fourth-order valence-corrected chi connectivity index (χ4v) is 7.19. The van der Waals surface area contributed by atoms with Crippen LogP contribution in [0.25, 0.3) is 10.9 Å². The molecule has 1 saturated heterocycles. The van der Waals surface area contributed by atoms with Gasteiger partial charge in [0.1, 0.15) is 5.69 Å². The van der Waals surface area contributed by atoms with Crippen LogP contribution in [0.1, 0.15) is 33.5 Å². The molecule has 0 spiro atoms. The van der Waals surface area contributed by atoms with Gasteiger partial charge in [-0.25, -0.2) is 13.4 Å². The first kappa shape index (κ1) is 30.8. The Morgan fingerprint density at radius 2 is 1.65 bits per heavy atom. The van der Waals surface area contributed by atoms with Crippen molar-refractivity contribution in [1.29, 1.82) is 5.26 Å². The lowest BCUT2D eigenvalue weighted by Crippen LogP contribution is -2.46. The summed E-state index contributed by atoms with van der Waals surface area (Å²) < 4.78 is 28.0. The van der Waals surface area contributed by atoms with Crippen LogP contribution in [-0.4, -0.2) is 56.5 Å². The van der Waals surface area contributed by atoms with Crippen LogP contribution in [0.5, 0.6) is 0 Å². The van der Waals surface area contributed by atoms with Gasteiger partial charge in [0.15, 0.2) is 0 Å². The van der Waals surface area contributed by atoms with Crippen molar-refractivity contribution < 1.29 is 8.42 Å². The molecule has 3 heterocycles. The van der Waals surface area contributed by atoms with E-state index in [1.807, 2.05) is 55.5 Å². The monoisotopic (exact) mass is 626 g/mol. The lowest BCUT2D eigenvalue weighted by Gasteiger charge is -2.36. The maximum absolute atomic E-state index is 13.4. The van der Waals surface area contributed by atoms with E-state index in [0.717, 1.165) is 66.0 Å². The van der Waals surface area contributed by atoms with Crippen molar-refractivity contribution >= 4 is 32.3 Å². The van der Waals surface area contributed by atoms with Crippen molar-refractivity contribution in [2.45, 2.75) is 25.3 Å². The molecule has 0 atom stereocenters. The van der Waals surface area contributed by atoms with Crippen molar-refractivity contribution in [1.82, 2.24) is 14.9 Å². The zero-order valence-corrected chi connectivity index (χ0v) is 26.9. The number of piperazine rings is 1. The summed E-state index contributed by atoms with van der Waals surface area (Å²) in [5.41, 5.74) is 7.39. The van der Waals surface area contributed by atoms with Crippen molar-refractivity contribution in [2.75, 3.05) is 42.4 Å². The van der Waals surface area contributed by atoms with Gasteiger partial charge in [-0.15, -0.1) is 0 Å². The highest BCUT2D eigenvalue weighted by Crippen LogP contribution is 2.31. The molecule has 6 rings (SSSR count).